The Bertz CT molecular complexity index is 368. The van der Waals surface area contributed by atoms with Crippen LogP contribution in [0.1, 0.15) is 25.8 Å². The molecule has 0 saturated carbocycles. The molecule has 1 aromatic carbocycles. The zero-order valence-corrected chi connectivity index (χ0v) is 8.42. The molecular formula is C12H13NO. The summed E-state index contributed by atoms with van der Waals surface area (Å²) in [6, 6.07) is 7.49. The predicted octanol–water partition coefficient (Wildman–Crippen LogP) is 2.41. The minimum absolute atomic E-state index is 0.0272. The highest BCUT2D eigenvalue weighted by atomic mass is 16.1. The molecule has 0 aromatic heterocycles. The van der Waals surface area contributed by atoms with Gasteiger partial charge < -0.3 is 5.32 Å². The van der Waals surface area contributed by atoms with Crippen LogP contribution in [0.3, 0.4) is 0 Å². The summed E-state index contributed by atoms with van der Waals surface area (Å²) in [5.74, 6) is 5.78. The van der Waals surface area contributed by atoms with Gasteiger partial charge in [-0.25, -0.2) is 0 Å². The molecule has 0 spiro atoms. The summed E-state index contributed by atoms with van der Waals surface area (Å²) >= 11 is 0. The first kappa shape index (κ1) is 10.3. The molecule has 0 fully saturated rings. The molecule has 72 valence electrons. The van der Waals surface area contributed by atoms with E-state index >= 15 is 0 Å². The fourth-order valence-corrected chi connectivity index (χ4v) is 1.03. The molecule has 0 aliphatic rings. The van der Waals surface area contributed by atoms with Crippen LogP contribution >= 0.6 is 0 Å². The lowest BCUT2D eigenvalue weighted by Gasteiger charge is -2.02. The fraction of sp³-hybridized carbons (Fsp3) is 0.250. The van der Waals surface area contributed by atoms with Gasteiger partial charge in [-0.3, -0.25) is 4.79 Å². The molecule has 14 heavy (non-hydrogen) atoms. The topological polar surface area (TPSA) is 29.1 Å². The average Bonchev–Trinajstić information content (AvgIpc) is 2.21. The fourth-order valence-electron chi connectivity index (χ4n) is 1.03. The lowest BCUT2D eigenvalue weighted by molar-refractivity contribution is -0.115. The van der Waals surface area contributed by atoms with Gasteiger partial charge in [0, 0.05) is 17.7 Å². The Morgan fingerprint density at radius 2 is 2.00 bits per heavy atom. The minimum Gasteiger partial charge on any atom is -0.326 e. The second-order valence-corrected chi connectivity index (χ2v) is 2.85. The van der Waals surface area contributed by atoms with Gasteiger partial charge in [0.05, 0.1) is 0 Å². The van der Waals surface area contributed by atoms with Crippen molar-refractivity contribution in [1.82, 2.24) is 0 Å². The van der Waals surface area contributed by atoms with Crippen LogP contribution in [0.2, 0.25) is 0 Å². The standard InChI is InChI=1S/C12H13NO/c1-3-5-10-6-8-11(9-7-10)13-12(14)4-2/h6-9H,4H2,1-2H3,(H,13,14). The summed E-state index contributed by atoms with van der Waals surface area (Å²) in [5.41, 5.74) is 1.78. The van der Waals surface area contributed by atoms with Crippen LogP contribution in [0, 0.1) is 11.8 Å². The molecule has 0 aliphatic heterocycles. The quantitative estimate of drug-likeness (QED) is 0.708. The van der Waals surface area contributed by atoms with Crippen molar-refractivity contribution >= 4 is 11.6 Å². The highest BCUT2D eigenvalue weighted by Crippen LogP contribution is 2.08. The van der Waals surface area contributed by atoms with Gasteiger partial charge in [-0.05, 0) is 31.2 Å². The number of amides is 1. The maximum atomic E-state index is 11.1. The molecule has 0 atom stereocenters. The highest BCUT2D eigenvalue weighted by molar-refractivity contribution is 5.90. The third-order valence-electron chi connectivity index (χ3n) is 1.76. The van der Waals surface area contributed by atoms with Gasteiger partial charge in [-0.2, -0.15) is 0 Å². The van der Waals surface area contributed by atoms with E-state index in [9.17, 15) is 4.79 Å². The van der Waals surface area contributed by atoms with Crippen LogP contribution in [0.4, 0.5) is 5.69 Å². The van der Waals surface area contributed by atoms with E-state index in [4.69, 9.17) is 0 Å². The largest absolute Gasteiger partial charge is 0.326 e. The molecule has 0 unspecified atom stereocenters. The van der Waals surface area contributed by atoms with Crippen molar-refractivity contribution in [3.63, 3.8) is 0 Å². The van der Waals surface area contributed by atoms with E-state index in [1.807, 2.05) is 31.2 Å². The third-order valence-corrected chi connectivity index (χ3v) is 1.76. The Balaban J connectivity index is 2.72. The predicted molar refractivity (Wildman–Crippen MR) is 57.9 cm³/mol. The molecule has 0 saturated heterocycles. The van der Waals surface area contributed by atoms with Crippen molar-refractivity contribution < 1.29 is 4.79 Å². The summed E-state index contributed by atoms with van der Waals surface area (Å²) < 4.78 is 0. The van der Waals surface area contributed by atoms with Crippen LogP contribution in [0.25, 0.3) is 0 Å². The number of rotatable bonds is 2. The number of carbonyl (C=O) groups excluding carboxylic acids is 1. The SMILES string of the molecule is CC#Cc1ccc(NC(=O)CC)cc1. The number of hydrogen-bond acceptors (Lipinski definition) is 1. The molecule has 1 aromatic rings. The zero-order valence-electron chi connectivity index (χ0n) is 8.42. The molecule has 2 nitrogen and oxygen atoms in total. The van der Waals surface area contributed by atoms with Gasteiger partial charge in [0.25, 0.3) is 0 Å². The van der Waals surface area contributed by atoms with Gasteiger partial charge in [0.1, 0.15) is 0 Å². The lowest BCUT2D eigenvalue weighted by Crippen LogP contribution is -2.09. The van der Waals surface area contributed by atoms with Gasteiger partial charge in [-0.1, -0.05) is 12.8 Å². The molecule has 0 radical (unpaired) electrons. The molecule has 1 rings (SSSR count). The molecule has 2 heteroatoms. The van der Waals surface area contributed by atoms with E-state index in [0.29, 0.717) is 6.42 Å². The van der Waals surface area contributed by atoms with Crippen LogP contribution in [0.5, 0.6) is 0 Å². The van der Waals surface area contributed by atoms with E-state index in [1.54, 1.807) is 6.92 Å². The van der Waals surface area contributed by atoms with Crippen molar-refractivity contribution in [3.05, 3.63) is 29.8 Å². The first-order chi connectivity index (χ1) is 6.76. The average molecular weight is 187 g/mol. The zero-order chi connectivity index (χ0) is 10.4. The van der Waals surface area contributed by atoms with Crippen molar-refractivity contribution in [2.24, 2.45) is 0 Å². The number of nitrogens with one attached hydrogen (secondary N) is 1. The van der Waals surface area contributed by atoms with Gasteiger partial charge in [0.15, 0.2) is 0 Å². The smallest absolute Gasteiger partial charge is 0.224 e. The van der Waals surface area contributed by atoms with Crippen LogP contribution in [-0.4, -0.2) is 5.91 Å². The van der Waals surface area contributed by atoms with Crippen LogP contribution in [-0.2, 0) is 4.79 Å². The summed E-state index contributed by atoms with van der Waals surface area (Å²) in [7, 11) is 0. The van der Waals surface area contributed by atoms with E-state index < -0.39 is 0 Å². The first-order valence-corrected chi connectivity index (χ1v) is 4.59. The summed E-state index contributed by atoms with van der Waals surface area (Å²) in [5, 5.41) is 2.77. The van der Waals surface area contributed by atoms with E-state index in [2.05, 4.69) is 17.2 Å². The van der Waals surface area contributed by atoms with Crippen molar-refractivity contribution in [3.8, 4) is 11.8 Å². The number of carbonyl (C=O) groups is 1. The van der Waals surface area contributed by atoms with Crippen LogP contribution < -0.4 is 5.32 Å². The number of benzene rings is 1. The summed E-state index contributed by atoms with van der Waals surface area (Å²) in [6.07, 6.45) is 0.497. The Labute approximate surface area is 84.3 Å². The minimum atomic E-state index is 0.0272. The van der Waals surface area contributed by atoms with Gasteiger partial charge in [-0.15, -0.1) is 5.92 Å². The molecule has 1 amide bonds. The maximum Gasteiger partial charge on any atom is 0.224 e. The molecule has 1 N–H and O–H groups in total. The van der Waals surface area contributed by atoms with Crippen molar-refractivity contribution in [2.75, 3.05) is 5.32 Å². The number of hydrogen-bond donors (Lipinski definition) is 1. The van der Waals surface area contributed by atoms with Crippen molar-refractivity contribution in [2.45, 2.75) is 20.3 Å². The van der Waals surface area contributed by atoms with Crippen molar-refractivity contribution in [1.29, 1.82) is 0 Å². The normalized spacial score (nSPS) is 8.71. The third kappa shape index (κ3) is 2.95. The summed E-state index contributed by atoms with van der Waals surface area (Å²) in [4.78, 5) is 11.1. The second-order valence-electron chi connectivity index (χ2n) is 2.85. The Morgan fingerprint density at radius 1 is 1.36 bits per heavy atom. The monoisotopic (exact) mass is 187 g/mol. The maximum absolute atomic E-state index is 11.1. The Hall–Kier alpha value is -1.75. The lowest BCUT2D eigenvalue weighted by atomic mass is 10.2. The van der Waals surface area contributed by atoms with E-state index in [0.717, 1.165) is 11.3 Å². The molecular weight excluding hydrogens is 174 g/mol. The molecule has 0 aliphatic carbocycles. The van der Waals surface area contributed by atoms with Crippen LogP contribution in [0.15, 0.2) is 24.3 Å². The first-order valence-electron chi connectivity index (χ1n) is 4.59. The Morgan fingerprint density at radius 3 is 2.50 bits per heavy atom. The number of anilines is 1. The summed E-state index contributed by atoms with van der Waals surface area (Å²) in [6.45, 7) is 3.62. The molecule has 0 heterocycles. The molecule has 0 bridgehead atoms. The van der Waals surface area contributed by atoms with Gasteiger partial charge in [0.2, 0.25) is 5.91 Å². The van der Waals surface area contributed by atoms with E-state index in [1.165, 1.54) is 0 Å². The van der Waals surface area contributed by atoms with E-state index in [-0.39, 0.29) is 5.91 Å². The van der Waals surface area contributed by atoms with Gasteiger partial charge >= 0.3 is 0 Å². The second kappa shape index (κ2) is 5.08. The Kier molecular flexibility index (Phi) is 3.75. The highest BCUT2D eigenvalue weighted by Gasteiger charge is 1.97.